The van der Waals surface area contributed by atoms with Gasteiger partial charge < -0.3 is 9.47 Å². The summed E-state index contributed by atoms with van der Waals surface area (Å²) in [5.41, 5.74) is 4.15. The molecule has 30 heavy (non-hydrogen) atoms. The highest BCUT2D eigenvalue weighted by Crippen LogP contribution is 2.35. The molecule has 0 aliphatic carbocycles. The summed E-state index contributed by atoms with van der Waals surface area (Å²) in [5, 5.41) is 0.989. The Morgan fingerprint density at radius 2 is 1.70 bits per heavy atom. The summed E-state index contributed by atoms with van der Waals surface area (Å²) in [6, 6.07) is 15.9. The second-order valence-corrected chi connectivity index (χ2v) is 7.94. The van der Waals surface area contributed by atoms with Gasteiger partial charge in [0.15, 0.2) is 0 Å². The van der Waals surface area contributed by atoms with Crippen LogP contribution in [0.1, 0.15) is 68.7 Å². The van der Waals surface area contributed by atoms with Gasteiger partial charge in [-0.25, -0.2) is 9.78 Å². The number of fused-ring (bicyclic) bond motifs is 1. The van der Waals surface area contributed by atoms with Gasteiger partial charge >= 0.3 is 5.97 Å². The van der Waals surface area contributed by atoms with Crippen LogP contribution in [-0.4, -0.2) is 17.6 Å². The monoisotopic (exact) mass is 407 g/mol. The summed E-state index contributed by atoms with van der Waals surface area (Å²) in [6.07, 6.45) is 0. The first-order valence-corrected chi connectivity index (χ1v) is 10.6. The Morgan fingerprint density at radius 3 is 2.30 bits per heavy atom. The molecule has 0 aliphatic rings. The molecule has 0 bridgehead atoms. The quantitative estimate of drug-likeness (QED) is 0.446. The van der Waals surface area contributed by atoms with Gasteiger partial charge in [0.05, 0.1) is 12.1 Å². The molecule has 3 rings (SSSR count). The molecule has 0 aliphatic heterocycles. The van der Waals surface area contributed by atoms with Crippen LogP contribution in [0.4, 0.5) is 0 Å². The molecule has 0 unspecified atom stereocenters. The average Bonchev–Trinajstić information content (AvgIpc) is 2.73. The molecule has 0 radical (unpaired) electrons. The van der Waals surface area contributed by atoms with E-state index in [2.05, 4.69) is 25.8 Å². The first-order chi connectivity index (χ1) is 14.3. The minimum Gasteiger partial charge on any atom is -0.489 e. The van der Waals surface area contributed by atoms with Gasteiger partial charge in [-0.2, -0.15) is 0 Å². The lowest BCUT2D eigenvalue weighted by Crippen LogP contribution is -2.15. The van der Waals surface area contributed by atoms with E-state index in [4.69, 9.17) is 9.47 Å². The van der Waals surface area contributed by atoms with Gasteiger partial charge in [0.2, 0.25) is 0 Å². The third-order valence-corrected chi connectivity index (χ3v) is 4.63. The fourth-order valence-electron chi connectivity index (χ4n) is 3.17. The maximum absolute atomic E-state index is 12.2. The van der Waals surface area contributed by atoms with Crippen LogP contribution in [0.2, 0.25) is 0 Å². The predicted octanol–water partition coefficient (Wildman–Crippen LogP) is 6.62. The number of hydrogen-bond acceptors (Lipinski definition) is 4. The van der Waals surface area contributed by atoms with Crippen molar-refractivity contribution in [2.24, 2.45) is 0 Å². The topological polar surface area (TPSA) is 48.4 Å². The standard InChI is InChI=1S/C24H27NO3.C2H6/c1-6-27-23(26)21-12-16(2)19-13-18(28-15-17-10-8-7-9-11-17)14-20(22(19)25-21)24(3,4)5;1-2/h7-14H,6,15H2,1-5H3;1-2H3. The minimum atomic E-state index is -0.392. The van der Waals surface area contributed by atoms with Gasteiger partial charge in [-0.15, -0.1) is 0 Å². The second kappa shape index (κ2) is 10.2. The highest BCUT2D eigenvalue weighted by Gasteiger charge is 2.22. The molecule has 3 aromatic rings. The number of hydrogen-bond donors (Lipinski definition) is 0. The third kappa shape index (κ3) is 5.59. The van der Waals surface area contributed by atoms with Crippen molar-refractivity contribution in [1.29, 1.82) is 0 Å². The van der Waals surface area contributed by atoms with E-state index < -0.39 is 5.97 Å². The number of aromatic nitrogens is 1. The molecule has 1 aromatic heterocycles. The van der Waals surface area contributed by atoms with Gasteiger partial charge in [0, 0.05) is 5.39 Å². The number of rotatable bonds is 5. The third-order valence-electron chi connectivity index (χ3n) is 4.63. The number of benzene rings is 2. The number of pyridine rings is 1. The molecule has 0 N–H and O–H groups in total. The van der Waals surface area contributed by atoms with Crippen molar-refractivity contribution in [3.05, 3.63) is 70.9 Å². The van der Waals surface area contributed by atoms with E-state index in [1.54, 1.807) is 13.0 Å². The average molecular weight is 408 g/mol. The highest BCUT2D eigenvalue weighted by molar-refractivity contribution is 5.94. The Bertz CT molecular complexity index is 989. The zero-order chi connectivity index (χ0) is 22.3. The largest absolute Gasteiger partial charge is 0.489 e. The van der Waals surface area contributed by atoms with E-state index in [0.29, 0.717) is 18.9 Å². The maximum Gasteiger partial charge on any atom is 0.356 e. The van der Waals surface area contributed by atoms with E-state index in [1.165, 1.54) is 0 Å². The molecule has 1 heterocycles. The van der Waals surface area contributed by atoms with Crippen LogP contribution in [0.3, 0.4) is 0 Å². The number of ether oxygens (including phenoxy) is 2. The summed E-state index contributed by atoms with van der Waals surface area (Å²) in [6.45, 7) is 15.0. The number of carbonyl (C=O) groups excluding carboxylic acids is 1. The molecule has 160 valence electrons. The second-order valence-electron chi connectivity index (χ2n) is 7.94. The highest BCUT2D eigenvalue weighted by atomic mass is 16.5. The van der Waals surface area contributed by atoms with Crippen molar-refractivity contribution in [1.82, 2.24) is 4.98 Å². The van der Waals surface area contributed by atoms with Crippen LogP contribution in [0.25, 0.3) is 10.9 Å². The smallest absolute Gasteiger partial charge is 0.356 e. The molecular weight excluding hydrogens is 374 g/mol. The van der Waals surface area contributed by atoms with Gasteiger partial charge in [-0.3, -0.25) is 0 Å². The number of aryl methyl sites for hydroxylation is 1. The van der Waals surface area contributed by atoms with Crippen molar-refractivity contribution in [2.45, 2.75) is 60.5 Å². The summed E-state index contributed by atoms with van der Waals surface area (Å²) < 4.78 is 11.2. The summed E-state index contributed by atoms with van der Waals surface area (Å²) in [7, 11) is 0. The molecule has 0 saturated carbocycles. The van der Waals surface area contributed by atoms with Crippen LogP contribution in [-0.2, 0) is 16.8 Å². The Hall–Kier alpha value is -2.88. The fourth-order valence-corrected chi connectivity index (χ4v) is 3.17. The Kier molecular flexibility index (Phi) is 7.99. The number of carbonyl (C=O) groups is 1. The summed E-state index contributed by atoms with van der Waals surface area (Å²) >= 11 is 0. The van der Waals surface area contributed by atoms with Crippen LogP contribution < -0.4 is 4.74 Å². The number of nitrogens with zero attached hydrogens (tertiary/aromatic N) is 1. The van der Waals surface area contributed by atoms with E-state index in [1.807, 2.05) is 63.2 Å². The van der Waals surface area contributed by atoms with E-state index in [0.717, 1.165) is 33.3 Å². The predicted molar refractivity (Wildman–Crippen MR) is 123 cm³/mol. The molecule has 4 heteroatoms. The van der Waals surface area contributed by atoms with Crippen LogP contribution in [0.15, 0.2) is 48.5 Å². The van der Waals surface area contributed by atoms with Crippen molar-refractivity contribution in [3.8, 4) is 5.75 Å². The SMILES string of the molecule is CC.CCOC(=O)c1cc(C)c2cc(OCc3ccccc3)cc(C(C)(C)C)c2n1. The lowest BCUT2D eigenvalue weighted by atomic mass is 9.84. The zero-order valence-corrected chi connectivity index (χ0v) is 19.2. The fraction of sp³-hybridized carbons (Fsp3) is 0.385. The lowest BCUT2D eigenvalue weighted by Gasteiger charge is -2.23. The Balaban J connectivity index is 0.00000155. The van der Waals surface area contributed by atoms with Gasteiger partial charge in [0.25, 0.3) is 0 Å². The van der Waals surface area contributed by atoms with Gasteiger partial charge in [0.1, 0.15) is 18.1 Å². The van der Waals surface area contributed by atoms with Crippen molar-refractivity contribution in [3.63, 3.8) is 0 Å². The molecule has 0 amide bonds. The van der Waals surface area contributed by atoms with Crippen LogP contribution in [0.5, 0.6) is 5.75 Å². The number of esters is 1. The Morgan fingerprint density at radius 1 is 1.03 bits per heavy atom. The first-order valence-electron chi connectivity index (χ1n) is 10.6. The van der Waals surface area contributed by atoms with Crippen LogP contribution >= 0.6 is 0 Å². The summed E-state index contributed by atoms with van der Waals surface area (Å²) in [5.74, 6) is 0.409. The zero-order valence-electron chi connectivity index (χ0n) is 19.2. The maximum atomic E-state index is 12.2. The summed E-state index contributed by atoms with van der Waals surface area (Å²) in [4.78, 5) is 16.9. The van der Waals surface area contributed by atoms with Gasteiger partial charge in [-0.1, -0.05) is 65.0 Å². The molecule has 0 fully saturated rings. The van der Waals surface area contributed by atoms with Crippen LogP contribution in [0, 0.1) is 6.92 Å². The normalized spacial score (nSPS) is 10.9. The molecular formula is C26H33NO3. The van der Waals surface area contributed by atoms with Crippen molar-refractivity contribution >= 4 is 16.9 Å². The molecule has 0 atom stereocenters. The van der Waals surface area contributed by atoms with E-state index in [9.17, 15) is 4.79 Å². The molecule has 0 saturated heterocycles. The molecule has 0 spiro atoms. The lowest BCUT2D eigenvalue weighted by molar-refractivity contribution is 0.0520. The van der Waals surface area contributed by atoms with Crippen molar-refractivity contribution < 1.29 is 14.3 Å². The Labute approximate surface area is 180 Å². The van der Waals surface area contributed by atoms with E-state index >= 15 is 0 Å². The molecule has 4 nitrogen and oxygen atoms in total. The van der Waals surface area contributed by atoms with Gasteiger partial charge in [-0.05, 0) is 54.2 Å². The first kappa shape index (κ1) is 23.4. The molecule has 2 aromatic carbocycles. The van der Waals surface area contributed by atoms with E-state index in [-0.39, 0.29) is 5.41 Å². The minimum absolute atomic E-state index is 0.156. The van der Waals surface area contributed by atoms with Crippen molar-refractivity contribution in [2.75, 3.05) is 6.61 Å².